The van der Waals surface area contributed by atoms with E-state index in [0.29, 0.717) is 6.42 Å². The van der Waals surface area contributed by atoms with Crippen molar-refractivity contribution in [2.75, 3.05) is 20.1 Å². The Morgan fingerprint density at radius 1 is 1.39 bits per heavy atom. The molecule has 5 nitrogen and oxygen atoms in total. The summed E-state index contributed by atoms with van der Waals surface area (Å²) in [7, 11) is 3.80. The predicted octanol–water partition coefficient (Wildman–Crippen LogP) is 0.890. The van der Waals surface area contributed by atoms with Crippen molar-refractivity contribution in [1.29, 1.82) is 0 Å². The molecule has 6 heteroatoms. The Hall–Kier alpha value is -1.07. The lowest BCUT2D eigenvalue weighted by Gasteiger charge is -2.04. The van der Waals surface area contributed by atoms with E-state index >= 15 is 0 Å². The van der Waals surface area contributed by atoms with Crippen LogP contribution in [0, 0.1) is 0 Å². The molecule has 0 bridgehead atoms. The van der Waals surface area contributed by atoms with Gasteiger partial charge in [0.15, 0.2) is 0 Å². The van der Waals surface area contributed by atoms with Crippen LogP contribution in [0.5, 0.6) is 0 Å². The van der Waals surface area contributed by atoms with Gasteiger partial charge in [-0.2, -0.15) is 5.10 Å². The molecule has 18 heavy (non-hydrogen) atoms. The summed E-state index contributed by atoms with van der Waals surface area (Å²) in [4.78, 5) is 11.4. The summed E-state index contributed by atoms with van der Waals surface area (Å²) >= 11 is 0. The molecule has 0 aliphatic carbocycles. The molecule has 0 aliphatic rings. The van der Waals surface area contributed by atoms with Gasteiger partial charge in [-0.1, -0.05) is 0 Å². The Morgan fingerprint density at radius 2 is 2.17 bits per heavy atom. The second kappa shape index (κ2) is 9.91. The molecule has 0 atom stereocenters. The molecular weight excluding hydrogens is 252 g/mol. The van der Waals surface area contributed by atoms with Crippen LogP contribution in [0.1, 0.15) is 24.8 Å². The number of nitrogens with zero attached hydrogens (tertiary/aromatic N) is 2. The highest BCUT2D eigenvalue weighted by molar-refractivity contribution is 5.85. The van der Waals surface area contributed by atoms with Crippen LogP contribution in [0.4, 0.5) is 0 Å². The molecule has 1 amide bonds. The average Bonchev–Trinajstić information content (AvgIpc) is 2.71. The summed E-state index contributed by atoms with van der Waals surface area (Å²) in [5.41, 5.74) is 1.22. The summed E-state index contributed by atoms with van der Waals surface area (Å²) in [5.74, 6) is 0.145. The average molecular weight is 275 g/mol. The number of hydrogen-bond donors (Lipinski definition) is 2. The summed E-state index contributed by atoms with van der Waals surface area (Å²) in [5, 5.41) is 10.1. The zero-order valence-electron chi connectivity index (χ0n) is 11.1. The Morgan fingerprint density at radius 3 is 2.78 bits per heavy atom. The summed E-state index contributed by atoms with van der Waals surface area (Å²) in [6.07, 6.45) is 7.30. The summed E-state index contributed by atoms with van der Waals surface area (Å²) < 4.78 is 1.80. The lowest BCUT2D eigenvalue weighted by molar-refractivity contribution is -0.121. The van der Waals surface area contributed by atoms with E-state index in [9.17, 15) is 4.79 Å². The first-order chi connectivity index (χ1) is 8.22. The van der Waals surface area contributed by atoms with Crippen molar-refractivity contribution >= 4 is 18.3 Å². The molecule has 0 aliphatic heterocycles. The SMILES string of the molecule is CNCCCC(=O)NCCCc1cnn(C)c1.Cl. The van der Waals surface area contributed by atoms with Crippen LogP contribution >= 0.6 is 12.4 Å². The van der Waals surface area contributed by atoms with Crippen LogP contribution in [0.25, 0.3) is 0 Å². The van der Waals surface area contributed by atoms with Gasteiger partial charge in [-0.15, -0.1) is 12.4 Å². The minimum atomic E-state index is 0. The van der Waals surface area contributed by atoms with E-state index in [1.807, 2.05) is 26.5 Å². The van der Waals surface area contributed by atoms with E-state index < -0.39 is 0 Å². The van der Waals surface area contributed by atoms with Crippen LogP contribution in [-0.2, 0) is 18.3 Å². The van der Waals surface area contributed by atoms with Gasteiger partial charge in [0.25, 0.3) is 0 Å². The lowest BCUT2D eigenvalue weighted by Crippen LogP contribution is -2.25. The second-order valence-corrected chi connectivity index (χ2v) is 4.18. The zero-order valence-corrected chi connectivity index (χ0v) is 11.9. The molecule has 1 aromatic rings. The number of aromatic nitrogens is 2. The van der Waals surface area contributed by atoms with Crippen LogP contribution < -0.4 is 10.6 Å². The largest absolute Gasteiger partial charge is 0.356 e. The predicted molar refractivity (Wildman–Crippen MR) is 74.9 cm³/mol. The van der Waals surface area contributed by atoms with E-state index in [1.165, 1.54) is 5.56 Å². The molecule has 1 aromatic heterocycles. The zero-order chi connectivity index (χ0) is 12.5. The number of nitrogens with one attached hydrogen (secondary N) is 2. The van der Waals surface area contributed by atoms with Crippen molar-refractivity contribution in [3.05, 3.63) is 18.0 Å². The molecule has 1 heterocycles. The third-order valence-corrected chi connectivity index (χ3v) is 2.55. The second-order valence-electron chi connectivity index (χ2n) is 4.18. The van der Waals surface area contributed by atoms with Crippen molar-refractivity contribution in [3.63, 3.8) is 0 Å². The first kappa shape index (κ1) is 16.9. The van der Waals surface area contributed by atoms with E-state index in [2.05, 4.69) is 15.7 Å². The van der Waals surface area contributed by atoms with E-state index in [0.717, 1.165) is 32.4 Å². The Bertz CT molecular complexity index is 341. The van der Waals surface area contributed by atoms with Crippen LogP contribution in [0.15, 0.2) is 12.4 Å². The van der Waals surface area contributed by atoms with Gasteiger partial charge in [-0.05, 0) is 38.4 Å². The van der Waals surface area contributed by atoms with Crippen LogP contribution in [-0.4, -0.2) is 35.8 Å². The third-order valence-electron chi connectivity index (χ3n) is 2.55. The highest BCUT2D eigenvalue weighted by Gasteiger charge is 2.00. The van der Waals surface area contributed by atoms with Crippen LogP contribution in [0.3, 0.4) is 0 Å². The van der Waals surface area contributed by atoms with Crippen molar-refractivity contribution in [1.82, 2.24) is 20.4 Å². The fourth-order valence-corrected chi connectivity index (χ4v) is 1.64. The first-order valence-electron chi connectivity index (χ1n) is 6.11. The molecule has 0 radical (unpaired) electrons. The van der Waals surface area contributed by atoms with Gasteiger partial charge in [0.1, 0.15) is 0 Å². The third kappa shape index (κ3) is 7.29. The normalized spacial score (nSPS) is 9.89. The van der Waals surface area contributed by atoms with Gasteiger partial charge in [0, 0.05) is 26.2 Å². The number of aryl methyl sites for hydroxylation is 2. The highest BCUT2D eigenvalue weighted by atomic mass is 35.5. The van der Waals surface area contributed by atoms with Gasteiger partial charge in [-0.3, -0.25) is 9.48 Å². The van der Waals surface area contributed by atoms with Gasteiger partial charge in [-0.25, -0.2) is 0 Å². The highest BCUT2D eigenvalue weighted by Crippen LogP contribution is 1.99. The Kier molecular flexibility index (Phi) is 9.32. The van der Waals surface area contributed by atoms with E-state index in [-0.39, 0.29) is 18.3 Å². The number of halogens is 1. The van der Waals surface area contributed by atoms with Gasteiger partial charge < -0.3 is 10.6 Å². The standard InChI is InChI=1S/C12H22N4O.ClH/c1-13-7-4-6-12(17)14-8-3-5-11-9-15-16(2)10-11;/h9-10,13H,3-8H2,1-2H3,(H,14,17);1H. The number of carbonyl (C=O) groups is 1. The minimum Gasteiger partial charge on any atom is -0.356 e. The number of hydrogen-bond acceptors (Lipinski definition) is 3. The number of carbonyl (C=O) groups excluding carboxylic acids is 1. The quantitative estimate of drug-likeness (QED) is 0.692. The molecule has 0 unspecified atom stereocenters. The molecular formula is C12H23ClN4O. The molecule has 2 N–H and O–H groups in total. The number of rotatable bonds is 8. The molecule has 0 spiro atoms. The van der Waals surface area contributed by atoms with Crippen molar-refractivity contribution < 1.29 is 4.79 Å². The fourth-order valence-electron chi connectivity index (χ4n) is 1.64. The van der Waals surface area contributed by atoms with Gasteiger partial charge in [0.05, 0.1) is 6.20 Å². The number of amides is 1. The summed E-state index contributed by atoms with van der Waals surface area (Å²) in [6.45, 7) is 1.64. The first-order valence-corrected chi connectivity index (χ1v) is 6.11. The topological polar surface area (TPSA) is 59.0 Å². The lowest BCUT2D eigenvalue weighted by atomic mass is 10.2. The monoisotopic (exact) mass is 274 g/mol. The Balaban J connectivity index is 0.00000289. The molecule has 0 fully saturated rings. The molecule has 0 aromatic carbocycles. The van der Waals surface area contributed by atoms with Gasteiger partial charge >= 0.3 is 0 Å². The maximum absolute atomic E-state index is 11.4. The van der Waals surface area contributed by atoms with Crippen molar-refractivity contribution in [3.8, 4) is 0 Å². The van der Waals surface area contributed by atoms with Crippen molar-refractivity contribution in [2.24, 2.45) is 7.05 Å². The fraction of sp³-hybridized carbons (Fsp3) is 0.667. The maximum atomic E-state index is 11.4. The van der Waals surface area contributed by atoms with E-state index in [4.69, 9.17) is 0 Å². The van der Waals surface area contributed by atoms with E-state index in [1.54, 1.807) is 4.68 Å². The minimum absolute atomic E-state index is 0. The Labute approximate surface area is 115 Å². The van der Waals surface area contributed by atoms with Crippen molar-refractivity contribution in [2.45, 2.75) is 25.7 Å². The van der Waals surface area contributed by atoms with Crippen LogP contribution in [0.2, 0.25) is 0 Å². The smallest absolute Gasteiger partial charge is 0.220 e. The van der Waals surface area contributed by atoms with Gasteiger partial charge in [0.2, 0.25) is 5.91 Å². The molecule has 0 saturated heterocycles. The molecule has 104 valence electrons. The summed E-state index contributed by atoms with van der Waals surface area (Å²) in [6, 6.07) is 0. The maximum Gasteiger partial charge on any atom is 0.220 e. The molecule has 1 rings (SSSR count). The molecule has 0 saturated carbocycles.